The molecule has 2 saturated heterocycles. The van der Waals surface area contributed by atoms with Crippen LogP contribution in [0.25, 0.3) is 0 Å². The molecule has 0 aromatic rings. The van der Waals surface area contributed by atoms with Gasteiger partial charge in [0.15, 0.2) is 0 Å². The van der Waals surface area contributed by atoms with Crippen molar-refractivity contribution in [2.45, 2.75) is 37.8 Å². The first-order valence-corrected chi connectivity index (χ1v) is 5.45. The number of primary amides is 1. The summed E-state index contributed by atoms with van der Waals surface area (Å²) in [7, 11) is 0. The molecule has 7 heteroatoms. The zero-order valence-corrected chi connectivity index (χ0v) is 9.14. The number of hydrogen-bond donors (Lipinski definition) is 2. The third kappa shape index (κ3) is 2.00. The van der Waals surface area contributed by atoms with Crippen LogP contribution in [0.4, 0.5) is 0 Å². The van der Waals surface area contributed by atoms with Gasteiger partial charge in [0.2, 0.25) is 17.7 Å². The van der Waals surface area contributed by atoms with Gasteiger partial charge in [-0.25, -0.2) is 0 Å². The van der Waals surface area contributed by atoms with E-state index < -0.39 is 23.9 Å². The van der Waals surface area contributed by atoms with Crippen LogP contribution in [-0.4, -0.2) is 40.6 Å². The molecule has 0 radical (unpaired) electrons. The van der Waals surface area contributed by atoms with Gasteiger partial charge in [0.05, 0.1) is 0 Å². The molecule has 0 saturated carbocycles. The number of nitrogens with two attached hydrogens (primary N) is 1. The normalized spacial score (nSPS) is 28.0. The summed E-state index contributed by atoms with van der Waals surface area (Å²) in [4.78, 5) is 46.7. The number of fused-ring (bicyclic) bond motifs is 1. The molecule has 2 aliphatic rings. The van der Waals surface area contributed by atoms with Crippen molar-refractivity contribution >= 4 is 23.6 Å². The summed E-state index contributed by atoms with van der Waals surface area (Å²) in [5, 5.41) is 2.52. The second-order valence-electron chi connectivity index (χ2n) is 4.22. The van der Waals surface area contributed by atoms with Crippen LogP contribution < -0.4 is 11.1 Å². The Labute approximate surface area is 97.3 Å². The minimum atomic E-state index is -0.812. The van der Waals surface area contributed by atoms with Gasteiger partial charge in [-0.05, 0) is 12.8 Å². The van der Waals surface area contributed by atoms with Gasteiger partial charge in [0.1, 0.15) is 12.1 Å². The standard InChI is InChI=1S/C10H13N3O4/c11-7(14)3-1-5-10(17)13-6(9(16)12-5)2-4-8(13)15/h5-6H,1-4H2,(H2,11,14)(H,12,16)/t5-,6-/m0/s1. The van der Waals surface area contributed by atoms with Crippen molar-refractivity contribution in [2.24, 2.45) is 5.73 Å². The number of nitrogens with one attached hydrogen (secondary N) is 1. The molecular formula is C10H13N3O4. The van der Waals surface area contributed by atoms with E-state index in [1.807, 2.05) is 0 Å². The van der Waals surface area contributed by atoms with Crippen LogP contribution >= 0.6 is 0 Å². The minimum absolute atomic E-state index is 0.00336. The zero-order chi connectivity index (χ0) is 12.6. The molecule has 0 aliphatic carbocycles. The third-order valence-corrected chi connectivity index (χ3v) is 3.05. The summed E-state index contributed by atoms with van der Waals surface area (Å²) in [5.41, 5.74) is 4.98. The molecule has 0 spiro atoms. The van der Waals surface area contributed by atoms with E-state index in [9.17, 15) is 19.2 Å². The number of carbonyl (C=O) groups is 4. The number of carbonyl (C=O) groups excluding carboxylic acids is 4. The largest absolute Gasteiger partial charge is 0.370 e. The van der Waals surface area contributed by atoms with E-state index in [0.717, 1.165) is 4.90 Å². The maximum atomic E-state index is 11.9. The lowest BCUT2D eigenvalue weighted by Gasteiger charge is -2.33. The Bertz CT molecular complexity index is 406. The molecule has 92 valence electrons. The SMILES string of the molecule is NC(=O)CC[C@@H]1NC(=O)[C@@H]2CCC(=O)N2C1=O. The van der Waals surface area contributed by atoms with Crippen LogP contribution in [0.15, 0.2) is 0 Å². The first-order chi connectivity index (χ1) is 8.00. The number of hydrogen-bond acceptors (Lipinski definition) is 4. The summed E-state index contributed by atoms with van der Waals surface area (Å²) in [6.45, 7) is 0. The number of imide groups is 1. The average molecular weight is 239 g/mol. The Balaban J connectivity index is 2.11. The Morgan fingerprint density at radius 2 is 2.12 bits per heavy atom. The second kappa shape index (κ2) is 4.15. The highest BCUT2D eigenvalue weighted by Gasteiger charge is 2.47. The maximum Gasteiger partial charge on any atom is 0.252 e. The van der Waals surface area contributed by atoms with E-state index in [1.165, 1.54) is 0 Å². The van der Waals surface area contributed by atoms with Crippen molar-refractivity contribution in [1.82, 2.24) is 10.2 Å². The predicted octanol–water partition coefficient (Wildman–Crippen LogP) is -1.73. The fourth-order valence-electron chi connectivity index (χ4n) is 2.19. The molecule has 2 aliphatic heterocycles. The van der Waals surface area contributed by atoms with Gasteiger partial charge < -0.3 is 11.1 Å². The number of amides is 4. The van der Waals surface area contributed by atoms with Gasteiger partial charge in [-0.3, -0.25) is 24.1 Å². The van der Waals surface area contributed by atoms with Gasteiger partial charge in [-0.15, -0.1) is 0 Å². The quantitative estimate of drug-likeness (QED) is 0.570. The lowest BCUT2D eigenvalue weighted by atomic mass is 10.0. The number of piperazine rings is 1. The molecule has 2 heterocycles. The lowest BCUT2D eigenvalue weighted by molar-refractivity contribution is -0.154. The summed E-state index contributed by atoms with van der Waals surface area (Å²) >= 11 is 0. The smallest absolute Gasteiger partial charge is 0.252 e. The van der Waals surface area contributed by atoms with E-state index in [2.05, 4.69) is 5.32 Å². The number of rotatable bonds is 3. The number of nitrogens with zero attached hydrogens (tertiary/aromatic N) is 1. The Morgan fingerprint density at radius 1 is 1.41 bits per heavy atom. The fraction of sp³-hybridized carbons (Fsp3) is 0.600. The van der Waals surface area contributed by atoms with Crippen molar-refractivity contribution in [2.75, 3.05) is 0 Å². The van der Waals surface area contributed by atoms with E-state index in [-0.39, 0.29) is 31.1 Å². The zero-order valence-electron chi connectivity index (χ0n) is 9.14. The first-order valence-electron chi connectivity index (χ1n) is 5.45. The van der Waals surface area contributed by atoms with E-state index in [4.69, 9.17) is 5.73 Å². The molecule has 0 bridgehead atoms. The van der Waals surface area contributed by atoms with Crippen molar-refractivity contribution in [1.29, 1.82) is 0 Å². The lowest BCUT2D eigenvalue weighted by Crippen LogP contribution is -2.62. The van der Waals surface area contributed by atoms with E-state index in [0.29, 0.717) is 6.42 Å². The highest BCUT2D eigenvalue weighted by atomic mass is 16.2. The molecule has 7 nitrogen and oxygen atoms in total. The summed E-state index contributed by atoms with van der Waals surface area (Å²) in [6, 6.07) is -1.48. The Morgan fingerprint density at radius 3 is 2.76 bits per heavy atom. The monoisotopic (exact) mass is 239 g/mol. The van der Waals surface area contributed by atoms with Crippen molar-refractivity contribution in [3.8, 4) is 0 Å². The molecule has 3 N–H and O–H groups in total. The molecule has 0 unspecified atom stereocenters. The van der Waals surface area contributed by atoms with Crippen LogP contribution in [0.5, 0.6) is 0 Å². The van der Waals surface area contributed by atoms with Gasteiger partial charge in [-0.1, -0.05) is 0 Å². The van der Waals surface area contributed by atoms with Crippen LogP contribution in [0.3, 0.4) is 0 Å². The van der Waals surface area contributed by atoms with Crippen LogP contribution in [0.1, 0.15) is 25.7 Å². The van der Waals surface area contributed by atoms with Crippen molar-refractivity contribution < 1.29 is 19.2 Å². The average Bonchev–Trinajstić information content (AvgIpc) is 2.64. The van der Waals surface area contributed by atoms with E-state index in [1.54, 1.807) is 0 Å². The molecule has 2 atom stereocenters. The molecule has 0 aromatic carbocycles. The van der Waals surface area contributed by atoms with Gasteiger partial charge >= 0.3 is 0 Å². The summed E-state index contributed by atoms with van der Waals surface area (Å²) in [5.74, 6) is -1.62. The van der Waals surface area contributed by atoms with Crippen molar-refractivity contribution in [3.05, 3.63) is 0 Å². The summed E-state index contributed by atoms with van der Waals surface area (Å²) in [6.07, 6.45) is 0.727. The van der Waals surface area contributed by atoms with E-state index >= 15 is 0 Å². The van der Waals surface area contributed by atoms with Crippen LogP contribution in [0, 0.1) is 0 Å². The molecular weight excluding hydrogens is 226 g/mol. The molecule has 2 rings (SSSR count). The molecule has 17 heavy (non-hydrogen) atoms. The second-order valence-corrected chi connectivity index (χ2v) is 4.22. The minimum Gasteiger partial charge on any atom is -0.370 e. The highest BCUT2D eigenvalue weighted by molar-refractivity contribution is 6.08. The topological polar surface area (TPSA) is 110 Å². The fourth-order valence-corrected chi connectivity index (χ4v) is 2.19. The van der Waals surface area contributed by atoms with Gasteiger partial charge in [-0.2, -0.15) is 0 Å². The van der Waals surface area contributed by atoms with Crippen LogP contribution in [-0.2, 0) is 19.2 Å². The third-order valence-electron chi connectivity index (χ3n) is 3.05. The molecule has 2 fully saturated rings. The van der Waals surface area contributed by atoms with Gasteiger partial charge in [0, 0.05) is 12.8 Å². The van der Waals surface area contributed by atoms with Crippen LogP contribution in [0.2, 0.25) is 0 Å². The molecule has 0 aromatic heterocycles. The van der Waals surface area contributed by atoms with Crippen molar-refractivity contribution in [3.63, 3.8) is 0 Å². The Kier molecular flexibility index (Phi) is 2.83. The predicted molar refractivity (Wildman–Crippen MR) is 55.2 cm³/mol. The molecule has 4 amide bonds. The Hall–Kier alpha value is -1.92. The first kappa shape index (κ1) is 11.6. The van der Waals surface area contributed by atoms with Gasteiger partial charge in [0.25, 0.3) is 5.91 Å². The summed E-state index contributed by atoms with van der Waals surface area (Å²) < 4.78 is 0. The maximum absolute atomic E-state index is 11.9. The highest BCUT2D eigenvalue weighted by Crippen LogP contribution is 2.24.